The van der Waals surface area contributed by atoms with E-state index in [9.17, 15) is 14.4 Å². The predicted molar refractivity (Wildman–Crippen MR) is 138 cm³/mol. The van der Waals surface area contributed by atoms with Crippen molar-refractivity contribution in [3.8, 4) is 0 Å². The molecule has 2 heterocycles. The van der Waals surface area contributed by atoms with Crippen LogP contribution in [0.1, 0.15) is 52.6 Å². The lowest BCUT2D eigenvalue weighted by Crippen LogP contribution is -2.58. The van der Waals surface area contributed by atoms with Gasteiger partial charge >= 0.3 is 5.97 Å². The number of piperazine rings is 2. The Balaban J connectivity index is 1.36. The van der Waals surface area contributed by atoms with E-state index in [0.29, 0.717) is 5.56 Å². The summed E-state index contributed by atoms with van der Waals surface area (Å²) in [6.07, 6.45) is 0. The summed E-state index contributed by atoms with van der Waals surface area (Å²) in [6.45, 7) is 12.0. The van der Waals surface area contributed by atoms with Crippen LogP contribution in [0.2, 0.25) is 0 Å². The van der Waals surface area contributed by atoms with Crippen molar-refractivity contribution in [2.24, 2.45) is 0 Å². The van der Waals surface area contributed by atoms with Gasteiger partial charge in [0, 0.05) is 76.9 Å². The first-order chi connectivity index (χ1) is 17.2. The third kappa shape index (κ3) is 6.12. The second kappa shape index (κ2) is 11.2. The first-order valence-corrected chi connectivity index (χ1v) is 12.7. The number of nitrogens with zero attached hydrogens (tertiary/aromatic N) is 4. The van der Waals surface area contributed by atoms with Crippen LogP contribution in [-0.2, 0) is 17.9 Å². The summed E-state index contributed by atoms with van der Waals surface area (Å²) >= 11 is 0. The van der Waals surface area contributed by atoms with Crippen LogP contribution < -0.4 is 0 Å². The lowest BCUT2D eigenvalue weighted by atomic mass is 10.0. The van der Waals surface area contributed by atoms with Crippen molar-refractivity contribution in [3.05, 3.63) is 70.8 Å². The summed E-state index contributed by atoms with van der Waals surface area (Å²) in [5.41, 5.74) is 3.18. The second-order valence-corrected chi connectivity index (χ2v) is 10.1. The largest absolute Gasteiger partial charge is 0.478 e. The van der Waals surface area contributed by atoms with Crippen molar-refractivity contribution in [3.63, 3.8) is 0 Å². The number of hydrogen-bond donors (Lipinski definition) is 1. The number of carbonyl (C=O) groups excluding carboxylic acids is 2. The number of aromatic carboxylic acids is 1. The van der Waals surface area contributed by atoms with E-state index in [2.05, 4.69) is 29.7 Å². The average Bonchev–Trinajstić information content (AvgIpc) is 2.84. The molecule has 0 bridgehead atoms. The topological polar surface area (TPSA) is 84.4 Å². The van der Waals surface area contributed by atoms with Crippen LogP contribution in [-0.4, -0.2) is 93.8 Å². The molecule has 192 valence electrons. The molecule has 4 rings (SSSR count). The van der Waals surface area contributed by atoms with Crippen molar-refractivity contribution >= 4 is 17.8 Å². The number of carbonyl (C=O) groups is 3. The first-order valence-electron chi connectivity index (χ1n) is 12.7. The molecule has 0 radical (unpaired) electrons. The van der Waals surface area contributed by atoms with Gasteiger partial charge in [-0.1, -0.05) is 24.3 Å². The van der Waals surface area contributed by atoms with Crippen LogP contribution >= 0.6 is 0 Å². The fourth-order valence-electron chi connectivity index (χ4n) is 5.40. The number of amides is 2. The normalized spacial score (nSPS) is 21.4. The van der Waals surface area contributed by atoms with Gasteiger partial charge in [-0.2, -0.15) is 0 Å². The molecule has 1 N–H and O–H groups in total. The molecule has 0 aromatic heterocycles. The van der Waals surface area contributed by atoms with Crippen LogP contribution in [0.4, 0.5) is 0 Å². The Labute approximate surface area is 213 Å². The molecule has 8 heteroatoms. The second-order valence-electron chi connectivity index (χ2n) is 10.1. The summed E-state index contributed by atoms with van der Waals surface area (Å²) in [7, 11) is 0. The highest BCUT2D eigenvalue weighted by Gasteiger charge is 2.33. The lowest BCUT2D eigenvalue weighted by molar-refractivity contribution is -0.130. The van der Waals surface area contributed by atoms with E-state index < -0.39 is 5.97 Å². The Bertz CT molecular complexity index is 1080. The van der Waals surface area contributed by atoms with Crippen molar-refractivity contribution in [1.82, 2.24) is 19.6 Å². The summed E-state index contributed by atoms with van der Waals surface area (Å²) in [5.74, 6) is -0.735. The van der Waals surface area contributed by atoms with Gasteiger partial charge in [-0.15, -0.1) is 0 Å². The molecule has 2 fully saturated rings. The van der Waals surface area contributed by atoms with Gasteiger partial charge in [0.2, 0.25) is 5.91 Å². The molecule has 36 heavy (non-hydrogen) atoms. The Hall–Kier alpha value is -3.23. The van der Waals surface area contributed by atoms with Crippen LogP contribution in [0.3, 0.4) is 0 Å². The first kappa shape index (κ1) is 25.9. The zero-order chi connectivity index (χ0) is 25.8. The highest BCUT2D eigenvalue weighted by Crippen LogP contribution is 2.22. The van der Waals surface area contributed by atoms with Crippen LogP contribution in [0.15, 0.2) is 48.5 Å². The maximum Gasteiger partial charge on any atom is 0.335 e. The van der Waals surface area contributed by atoms with E-state index in [1.807, 2.05) is 40.1 Å². The van der Waals surface area contributed by atoms with Gasteiger partial charge in [0.25, 0.3) is 5.91 Å². The van der Waals surface area contributed by atoms with E-state index in [1.54, 1.807) is 19.1 Å². The maximum absolute atomic E-state index is 13.5. The third-order valence-corrected chi connectivity index (χ3v) is 7.23. The highest BCUT2D eigenvalue weighted by molar-refractivity contribution is 5.95. The van der Waals surface area contributed by atoms with E-state index in [0.717, 1.165) is 63.5 Å². The number of rotatable bonds is 6. The van der Waals surface area contributed by atoms with Crippen molar-refractivity contribution in [2.75, 3.05) is 39.3 Å². The van der Waals surface area contributed by atoms with E-state index in [4.69, 9.17) is 5.11 Å². The molecule has 2 aromatic rings. The summed E-state index contributed by atoms with van der Waals surface area (Å²) in [4.78, 5) is 44.7. The van der Waals surface area contributed by atoms with Gasteiger partial charge in [0.05, 0.1) is 5.56 Å². The van der Waals surface area contributed by atoms with E-state index >= 15 is 0 Å². The Morgan fingerprint density at radius 2 is 1.42 bits per heavy atom. The number of carboxylic acids is 1. The van der Waals surface area contributed by atoms with Crippen molar-refractivity contribution in [2.45, 2.75) is 45.9 Å². The summed E-state index contributed by atoms with van der Waals surface area (Å²) in [5, 5.41) is 9.11. The molecule has 2 atom stereocenters. The molecule has 0 aliphatic carbocycles. The molecule has 2 aliphatic rings. The van der Waals surface area contributed by atoms with E-state index in [1.165, 1.54) is 0 Å². The Morgan fingerprint density at radius 1 is 0.806 bits per heavy atom. The van der Waals surface area contributed by atoms with Crippen molar-refractivity contribution in [1.29, 1.82) is 0 Å². The highest BCUT2D eigenvalue weighted by atomic mass is 16.4. The van der Waals surface area contributed by atoms with Gasteiger partial charge in [-0.25, -0.2) is 4.79 Å². The molecular weight excluding hydrogens is 456 g/mol. The van der Waals surface area contributed by atoms with Gasteiger partial charge in [0.1, 0.15) is 0 Å². The zero-order valence-electron chi connectivity index (χ0n) is 21.4. The fourth-order valence-corrected chi connectivity index (χ4v) is 5.40. The maximum atomic E-state index is 13.5. The molecular formula is C28H36N4O4. The Kier molecular flexibility index (Phi) is 8.06. The quantitative estimate of drug-likeness (QED) is 0.668. The monoisotopic (exact) mass is 492 g/mol. The van der Waals surface area contributed by atoms with E-state index in [-0.39, 0.29) is 29.5 Å². The molecule has 0 saturated carbocycles. The number of benzene rings is 2. The van der Waals surface area contributed by atoms with Gasteiger partial charge in [-0.3, -0.25) is 19.4 Å². The lowest BCUT2D eigenvalue weighted by Gasteiger charge is -2.44. The minimum absolute atomic E-state index is 0.0582. The van der Waals surface area contributed by atoms with Crippen LogP contribution in [0.25, 0.3) is 0 Å². The Morgan fingerprint density at radius 3 is 2.00 bits per heavy atom. The number of carboxylic acid groups (broad SMARTS) is 1. The standard InChI is InChI=1S/C28H36N4O4/c1-20-16-30(18-23-7-9-25(10-8-23)28(35)36)17-21(2)32(20)27(34)26-6-4-5-24(15-26)19-29-11-13-31(14-12-29)22(3)33/h4-10,15,20-21H,11-14,16-19H2,1-3H3,(H,35,36)/t20-,21+. The molecule has 0 unspecified atom stereocenters. The SMILES string of the molecule is CC(=O)N1CCN(Cc2cccc(C(=O)N3[C@H](C)CN(Cc4ccc(C(=O)O)cc4)C[C@@H]3C)c2)CC1. The van der Waals surface area contributed by atoms with Gasteiger partial charge in [0.15, 0.2) is 0 Å². The van der Waals surface area contributed by atoms with Crippen molar-refractivity contribution < 1.29 is 19.5 Å². The summed E-state index contributed by atoms with van der Waals surface area (Å²) in [6, 6.07) is 15.1. The molecule has 2 aromatic carbocycles. The predicted octanol–water partition coefficient (Wildman–Crippen LogP) is 2.78. The smallest absolute Gasteiger partial charge is 0.335 e. The molecule has 8 nitrogen and oxygen atoms in total. The minimum atomic E-state index is -0.921. The van der Waals surface area contributed by atoms with Crippen LogP contribution in [0.5, 0.6) is 0 Å². The average molecular weight is 493 g/mol. The molecule has 2 aliphatic heterocycles. The fraction of sp³-hybridized carbons (Fsp3) is 0.464. The number of hydrogen-bond acceptors (Lipinski definition) is 5. The van der Waals surface area contributed by atoms with Crippen LogP contribution in [0, 0.1) is 0 Å². The van der Waals surface area contributed by atoms with Gasteiger partial charge < -0.3 is 14.9 Å². The third-order valence-electron chi connectivity index (χ3n) is 7.23. The zero-order valence-corrected chi connectivity index (χ0v) is 21.4. The minimum Gasteiger partial charge on any atom is -0.478 e. The molecule has 0 spiro atoms. The summed E-state index contributed by atoms with van der Waals surface area (Å²) < 4.78 is 0. The molecule has 2 saturated heterocycles. The molecule has 2 amide bonds. The van der Waals surface area contributed by atoms with Gasteiger partial charge in [-0.05, 0) is 49.2 Å².